The zero-order valence-corrected chi connectivity index (χ0v) is 15.4. The van der Waals surface area contributed by atoms with Crippen molar-refractivity contribution in [3.05, 3.63) is 63.9 Å². The van der Waals surface area contributed by atoms with Crippen LogP contribution in [0.4, 0.5) is 4.39 Å². The van der Waals surface area contributed by atoms with Crippen LogP contribution >= 0.6 is 15.9 Å². The van der Waals surface area contributed by atoms with Crippen molar-refractivity contribution in [2.75, 3.05) is 20.2 Å². The molecule has 2 rings (SSSR count). The lowest BCUT2D eigenvalue weighted by molar-refractivity contribution is 0.214. The van der Waals surface area contributed by atoms with Gasteiger partial charge < -0.3 is 15.2 Å². The fourth-order valence-electron chi connectivity index (χ4n) is 2.41. The number of rotatable bonds is 9. The van der Waals surface area contributed by atoms with Gasteiger partial charge in [-0.2, -0.15) is 0 Å². The molecule has 130 valence electrons. The van der Waals surface area contributed by atoms with Gasteiger partial charge in [0.25, 0.3) is 0 Å². The molecule has 5 heteroatoms. The molecule has 2 N–H and O–H groups in total. The fraction of sp³-hybridized carbons (Fsp3) is 0.368. The first-order valence-electron chi connectivity index (χ1n) is 8.12. The lowest BCUT2D eigenvalue weighted by Gasteiger charge is -2.14. The third-order valence-corrected chi connectivity index (χ3v) is 4.32. The van der Waals surface area contributed by atoms with E-state index in [2.05, 4.69) is 21.2 Å². The van der Waals surface area contributed by atoms with Gasteiger partial charge in [-0.15, -0.1) is 0 Å². The molecule has 0 radical (unpaired) electrons. The Morgan fingerprint density at radius 1 is 1.12 bits per heavy atom. The SMILES string of the molecule is CNCCCCCOc1ccc(C(O)c2ccc(Br)cc2)c(F)c1. The maximum Gasteiger partial charge on any atom is 0.133 e. The molecule has 0 amide bonds. The van der Waals surface area contributed by atoms with Gasteiger partial charge in [0.1, 0.15) is 17.7 Å². The van der Waals surface area contributed by atoms with Gasteiger partial charge >= 0.3 is 0 Å². The molecule has 24 heavy (non-hydrogen) atoms. The van der Waals surface area contributed by atoms with E-state index < -0.39 is 11.9 Å². The van der Waals surface area contributed by atoms with Crippen molar-refractivity contribution in [1.82, 2.24) is 5.32 Å². The van der Waals surface area contributed by atoms with Crippen LogP contribution in [-0.2, 0) is 0 Å². The van der Waals surface area contributed by atoms with Crippen LogP contribution < -0.4 is 10.1 Å². The highest BCUT2D eigenvalue weighted by Gasteiger charge is 2.15. The van der Waals surface area contributed by atoms with E-state index in [0.29, 0.717) is 17.9 Å². The van der Waals surface area contributed by atoms with Crippen LogP contribution in [0.3, 0.4) is 0 Å². The van der Waals surface area contributed by atoms with Crippen molar-refractivity contribution in [1.29, 1.82) is 0 Å². The number of ether oxygens (including phenoxy) is 1. The Hall–Kier alpha value is -1.43. The normalized spacial score (nSPS) is 12.2. The summed E-state index contributed by atoms with van der Waals surface area (Å²) >= 11 is 3.34. The van der Waals surface area contributed by atoms with Crippen molar-refractivity contribution in [3.63, 3.8) is 0 Å². The van der Waals surface area contributed by atoms with E-state index in [1.165, 1.54) is 6.07 Å². The van der Waals surface area contributed by atoms with E-state index in [1.54, 1.807) is 24.3 Å². The summed E-state index contributed by atoms with van der Waals surface area (Å²) in [6.07, 6.45) is 2.12. The number of hydrogen-bond donors (Lipinski definition) is 2. The number of hydrogen-bond acceptors (Lipinski definition) is 3. The highest BCUT2D eigenvalue weighted by Crippen LogP contribution is 2.28. The van der Waals surface area contributed by atoms with Gasteiger partial charge in [0.05, 0.1) is 6.61 Å². The Morgan fingerprint density at radius 2 is 1.88 bits per heavy atom. The Kier molecular flexibility index (Phi) is 7.69. The number of aliphatic hydroxyl groups excluding tert-OH is 1. The molecule has 0 aromatic heterocycles. The Labute approximate surface area is 151 Å². The number of unbranched alkanes of at least 4 members (excludes halogenated alkanes) is 2. The smallest absolute Gasteiger partial charge is 0.133 e. The second-order valence-electron chi connectivity index (χ2n) is 5.65. The molecule has 0 spiro atoms. The van der Waals surface area contributed by atoms with Crippen LogP contribution in [-0.4, -0.2) is 25.3 Å². The molecule has 0 bridgehead atoms. The third-order valence-electron chi connectivity index (χ3n) is 3.79. The summed E-state index contributed by atoms with van der Waals surface area (Å²) in [6.45, 7) is 1.56. The second-order valence-corrected chi connectivity index (χ2v) is 6.57. The lowest BCUT2D eigenvalue weighted by atomic mass is 10.0. The van der Waals surface area contributed by atoms with Gasteiger partial charge in [-0.1, -0.05) is 28.1 Å². The van der Waals surface area contributed by atoms with E-state index >= 15 is 0 Å². The largest absolute Gasteiger partial charge is 0.493 e. The Morgan fingerprint density at radius 3 is 2.54 bits per heavy atom. The first-order chi connectivity index (χ1) is 11.6. The van der Waals surface area contributed by atoms with E-state index in [1.807, 2.05) is 19.2 Å². The molecule has 0 fully saturated rings. The van der Waals surface area contributed by atoms with Gasteiger partial charge in [-0.05, 0) is 62.7 Å². The monoisotopic (exact) mass is 395 g/mol. The van der Waals surface area contributed by atoms with E-state index in [0.717, 1.165) is 30.3 Å². The van der Waals surface area contributed by atoms with Gasteiger partial charge in [-0.3, -0.25) is 0 Å². The number of benzene rings is 2. The Bertz CT molecular complexity index is 634. The molecule has 0 saturated heterocycles. The molecule has 0 aliphatic heterocycles. The molecule has 2 aromatic carbocycles. The van der Waals surface area contributed by atoms with Crippen LogP contribution in [0.2, 0.25) is 0 Å². The number of aliphatic hydroxyl groups is 1. The second kappa shape index (κ2) is 9.77. The van der Waals surface area contributed by atoms with Crippen LogP contribution in [0.1, 0.15) is 36.5 Å². The number of nitrogens with one attached hydrogen (secondary N) is 1. The third kappa shape index (κ3) is 5.58. The summed E-state index contributed by atoms with van der Waals surface area (Å²) in [4.78, 5) is 0. The Balaban J connectivity index is 1.92. The summed E-state index contributed by atoms with van der Waals surface area (Å²) in [7, 11) is 1.93. The van der Waals surface area contributed by atoms with Crippen LogP contribution in [0, 0.1) is 5.82 Å². The average Bonchev–Trinajstić information content (AvgIpc) is 2.58. The molecule has 3 nitrogen and oxygen atoms in total. The summed E-state index contributed by atoms with van der Waals surface area (Å²) in [6, 6.07) is 11.8. The lowest BCUT2D eigenvalue weighted by Crippen LogP contribution is -2.08. The summed E-state index contributed by atoms with van der Waals surface area (Å²) in [5.41, 5.74) is 0.897. The van der Waals surface area contributed by atoms with E-state index in [9.17, 15) is 9.50 Å². The maximum absolute atomic E-state index is 14.3. The van der Waals surface area contributed by atoms with Crippen molar-refractivity contribution in [2.24, 2.45) is 0 Å². The molecule has 0 saturated carbocycles. The molecule has 0 aliphatic rings. The highest BCUT2D eigenvalue weighted by molar-refractivity contribution is 9.10. The quantitative estimate of drug-likeness (QED) is 0.616. The molecule has 1 unspecified atom stereocenters. The van der Waals surface area contributed by atoms with Crippen molar-refractivity contribution < 1.29 is 14.2 Å². The summed E-state index contributed by atoms with van der Waals surface area (Å²) < 4.78 is 20.8. The molecular weight excluding hydrogens is 373 g/mol. The summed E-state index contributed by atoms with van der Waals surface area (Å²) in [5, 5.41) is 13.4. The zero-order chi connectivity index (χ0) is 17.4. The minimum absolute atomic E-state index is 0.249. The molecule has 0 aliphatic carbocycles. The minimum atomic E-state index is -0.992. The van der Waals surface area contributed by atoms with Crippen molar-refractivity contribution in [3.8, 4) is 5.75 Å². The zero-order valence-electron chi connectivity index (χ0n) is 13.8. The topological polar surface area (TPSA) is 41.5 Å². The molecule has 2 aromatic rings. The van der Waals surface area contributed by atoms with E-state index in [4.69, 9.17) is 4.74 Å². The standard InChI is InChI=1S/C19H23BrFNO2/c1-22-11-3-2-4-12-24-16-9-10-17(18(21)13-16)19(23)14-5-7-15(20)8-6-14/h5-10,13,19,22-23H,2-4,11-12H2,1H3. The van der Waals surface area contributed by atoms with Gasteiger partial charge in [-0.25, -0.2) is 4.39 Å². The maximum atomic E-state index is 14.3. The van der Waals surface area contributed by atoms with Gasteiger partial charge in [0.15, 0.2) is 0 Å². The molecule has 0 heterocycles. The van der Waals surface area contributed by atoms with Crippen molar-refractivity contribution in [2.45, 2.75) is 25.4 Å². The van der Waals surface area contributed by atoms with Crippen LogP contribution in [0.25, 0.3) is 0 Å². The minimum Gasteiger partial charge on any atom is -0.493 e. The van der Waals surface area contributed by atoms with E-state index in [-0.39, 0.29) is 5.56 Å². The molecule has 1 atom stereocenters. The van der Waals surface area contributed by atoms with Crippen molar-refractivity contribution >= 4 is 15.9 Å². The fourth-order valence-corrected chi connectivity index (χ4v) is 2.68. The number of halogens is 2. The molecular formula is C19H23BrFNO2. The first-order valence-corrected chi connectivity index (χ1v) is 8.91. The van der Waals surface area contributed by atoms with Gasteiger partial charge in [0, 0.05) is 16.1 Å². The first kappa shape index (κ1) is 18.9. The predicted molar refractivity (Wildman–Crippen MR) is 97.9 cm³/mol. The average molecular weight is 396 g/mol. The van der Waals surface area contributed by atoms with Gasteiger partial charge in [0.2, 0.25) is 0 Å². The van der Waals surface area contributed by atoms with Crippen LogP contribution in [0.5, 0.6) is 5.75 Å². The predicted octanol–water partition coefficient (Wildman–Crippen LogP) is 4.44. The van der Waals surface area contributed by atoms with Crippen LogP contribution in [0.15, 0.2) is 46.9 Å². The highest BCUT2D eigenvalue weighted by atomic mass is 79.9. The summed E-state index contributed by atoms with van der Waals surface area (Å²) in [5.74, 6) is 0.0333.